The van der Waals surface area contributed by atoms with Gasteiger partial charge in [0.15, 0.2) is 0 Å². The maximum Gasteiger partial charge on any atom is 4.00 e. The minimum absolute atomic E-state index is 0. The number of benzene rings is 2. The third kappa shape index (κ3) is 9.40. The van der Waals surface area contributed by atoms with Crippen LogP contribution in [0.25, 0.3) is 10.6 Å². The van der Waals surface area contributed by atoms with Crippen molar-refractivity contribution in [2.24, 2.45) is 0 Å². The Labute approximate surface area is 300 Å². The fourth-order valence-corrected chi connectivity index (χ4v) is 5.94. The molecule has 0 bridgehead atoms. The first-order valence-corrected chi connectivity index (χ1v) is 16.2. The van der Waals surface area contributed by atoms with Crippen LogP contribution in [0, 0.1) is 54.9 Å². The molecule has 3 heterocycles. The number of hydrogen-bond acceptors (Lipinski definition) is 4. The van der Waals surface area contributed by atoms with Crippen LogP contribution in [-0.4, -0.2) is 4.90 Å². The smallest absolute Gasteiger partial charge is 0.663 e. The summed E-state index contributed by atoms with van der Waals surface area (Å²) in [4.78, 5) is 6.65. The quantitative estimate of drug-likeness (QED) is 0.233. The van der Waals surface area contributed by atoms with Gasteiger partial charge in [-0.1, -0.05) is 77.4 Å². The van der Waals surface area contributed by atoms with Crippen LogP contribution in [0.1, 0.15) is 68.0 Å². The van der Waals surface area contributed by atoms with Crippen LogP contribution < -0.4 is 15.1 Å². The summed E-state index contributed by atoms with van der Waals surface area (Å²) in [5.41, 5.74) is 17.0. The van der Waals surface area contributed by atoms with E-state index in [2.05, 4.69) is 144 Å². The minimum Gasteiger partial charge on any atom is -0.663 e. The summed E-state index contributed by atoms with van der Waals surface area (Å²) in [6.07, 6.45) is 19.4. The van der Waals surface area contributed by atoms with E-state index >= 15 is 0 Å². The van der Waals surface area contributed by atoms with Gasteiger partial charge in [-0.15, -0.1) is 18.1 Å². The molecule has 2 aromatic rings. The summed E-state index contributed by atoms with van der Waals surface area (Å²) in [5, 5.41) is 12.0. The van der Waals surface area contributed by atoms with Gasteiger partial charge in [-0.05, 0) is 117 Å². The van der Waals surface area contributed by atoms with Crippen molar-refractivity contribution in [2.75, 3.05) is 9.80 Å². The molecule has 3 aliphatic rings. The summed E-state index contributed by atoms with van der Waals surface area (Å²) >= 11 is 0. The summed E-state index contributed by atoms with van der Waals surface area (Å²) in [6, 6.07) is 8.93. The molecular weight excluding hydrogens is 632 g/mol. The second-order valence-corrected chi connectivity index (χ2v) is 12.6. The van der Waals surface area contributed by atoms with Gasteiger partial charge in [0.05, 0.1) is 0 Å². The zero-order valence-corrected chi connectivity index (χ0v) is 31.4. The Balaban J connectivity index is 0.000000255. The Bertz CT molecular complexity index is 1680. The van der Waals surface area contributed by atoms with E-state index in [-0.39, 0.29) is 17.1 Å². The number of allylic oxidation sites excluding steroid dienone is 10. The first-order valence-electron chi connectivity index (χ1n) is 16.2. The minimum atomic E-state index is 0. The van der Waals surface area contributed by atoms with Crippen molar-refractivity contribution in [1.29, 1.82) is 0 Å². The molecule has 0 aliphatic carbocycles. The molecule has 0 amide bonds. The molecule has 0 spiro atoms. The maximum atomic E-state index is 4.39. The molecule has 1 N–H and O–H groups in total. The molecule has 48 heavy (non-hydrogen) atoms. The molecule has 0 fully saturated rings. The molecule has 5 rings (SSSR count). The number of nitrogens with one attached hydrogen (secondary N) is 1. The first kappa shape index (κ1) is 38.1. The van der Waals surface area contributed by atoms with Gasteiger partial charge in [0, 0.05) is 22.8 Å². The Morgan fingerprint density at radius 3 is 1.75 bits per heavy atom. The second kappa shape index (κ2) is 17.2. The Morgan fingerprint density at radius 1 is 0.729 bits per heavy atom. The molecule has 0 radical (unpaired) electrons. The summed E-state index contributed by atoms with van der Waals surface area (Å²) in [6.45, 7) is 27.8. The normalized spacial score (nSPS) is 16.4. The summed E-state index contributed by atoms with van der Waals surface area (Å²) in [5.74, 6) is 0. The van der Waals surface area contributed by atoms with Crippen LogP contribution in [0.5, 0.6) is 0 Å². The van der Waals surface area contributed by atoms with E-state index in [4.69, 9.17) is 0 Å². The van der Waals surface area contributed by atoms with Gasteiger partial charge < -0.3 is 30.7 Å². The molecule has 0 aromatic heterocycles. The van der Waals surface area contributed by atoms with Crippen molar-refractivity contribution in [2.45, 2.75) is 76.2 Å². The number of rotatable bonds is 7. The molecule has 2 aromatic carbocycles. The van der Waals surface area contributed by atoms with E-state index in [0.29, 0.717) is 0 Å². The molecule has 6 nitrogen and oxygen atoms in total. The van der Waals surface area contributed by atoms with Crippen LogP contribution in [0.2, 0.25) is 0 Å². The Morgan fingerprint density at radius 2 is 1.25 bits per heavy atom. The van der Waals surface area contributed by atoms with Crippen molar-refractivity contribution in [1.82, 2.24) is 10.2 Å². The van der Waals surface area contributed by atoms with E-state index in [1.807, 2.05) is 55.5 Å². The zero-order valence-electron chi connectivity index (χ0n) is 30.3. The van der Waals surface area contributed by atoms with E-state index in [0.717, 1.165) is 11.4 Å². The summed E-state index contributed by atoms with van der Waals surface area (Å²) < 4.78 is 0. The predicted octanol–water partition coefficient (Wildman–Crippen LogP) is 11.1. The number of hydrogen-bond donors (Lipinski definition) is 1. The summed E-state index contributed by atoms with van der Waals surface area (Å²) in [7, 11) is 0. The SMILES string of the molecule is CC(C)=C(C)N([CH-]N/C=C1/C=CC=C[N-]1)c1c(C)cc(C)cc1C.CC1=C(C)N(c2c(C)cc(C)cc2C)[CH-]N1/C=C1/C=CC=C[N-]1.[Fe+4]. The molecule has 0 saturated carbocycles. The largest absolute Gasteiger partial charge is 4.00 e. The fourth-order valence-electron chi connectivity index (χ4n) is 5.94. The molecule has 0 unspecified atom stereocenters. The third-order valence-corrected chi connectivity index (χ3v) is 8.43. The van der Waals surface area contributed by atoms with Gasteiger partial charge in [-0.2, -0.15) is 19.1 Å². The van der Waals surface area contributed by atoms with Gasteiger partial charge in [-0.3, -0.25) is 0 Å². The number of anilines is 2. The van der Waals surface area contributed by atoms with E-state index in [1.165, 1.54) is 67.4 Å². The Kier molecular flexibility index (Phi) is 13.7. The van der Waals surface area contributed by atoms with Crippen molar-refractivity contribution in [3.8, 4) is 0 Å². The van der Waals surface area contributed by atoms with Crippen molar-refractivity contribution in [3.05, 3.63) is 177 Å². The molecule has 3 aliphatic heterocycles. The van der Waals surface area contributed by atoms with Crippen molar-refractivity contribution < 1.29 is 17.1 Å². The van der Waals surface area contributed by atoms with E-state index in [9.17, 15) is 0 Å². The predicted molar refractivity (Wildman–Crippen MR) is 202 cm³/mol. The molecule has 252 valence electrons. The van der Waals surface area contributed by atoms with E-state index in [1.54, 1.807) is 6.20 Å². The molecular formula is C41H50FeN6. The van der Waals surface area contributed by atoms with Crippen LogP contribution in [-0.2, 0) is 17.1 Å². The van der Waals surface area contributed by atoms with Crippen LogP contribution in [0.4, 0.5) is 11.4 Å². The monoisotopic (exact) mass is 682 g/mol. The van der Waals surface area contributed by atoms with Gasteiger partial charge in [0.2, 0.25) is 0 Å². The van der Waals surface area contributed by atoms with Crippen LogP contribution >= 0.6 is 0 Å². The molecule has 0 atom stereocenters. The van der Waals surface area contributed by atoms with Crippen molar-refractivity contribution >= 4 is 11.4 Å². The maximum absolute atomic E-state index is 4.39. The van der Waals surface area contributed by atoms with Crippen LogP contribution in [0.15, 0.2) is 120 Å². The topological polar surface area (TPSA) is 50.0 Å². The van der Waals surface area contributed by atoms with Gasteiger partial charge in [-0.25, -0.2) is 0 Å². The Hall–Kier alpha value is -4.32. The third-order valence-electron chi connectivity index (χ3n) is 8.43. The van der Waals surface area contributed by atoms with Crippen LogP contribution in [0.3, 0.4) is 0 Å². The first-order chi connectivity index (χ1) is 22.4. The molecule has 7 heteroatoms. The average Bonchev–Trinajstić information content (AvgIpc) is 3.28. The average molecular weight is 683 g/mol. The number of aryl methyl sites for hydroxylation is 6. The standard InChI is InChI=1S/C21H27N3.C20H23N3.Fe/c1-15(2)19(6)24(14-22-13-20-9-7-8-10-23-20)21-17(4)11-16(3)12-18(21)5;1-14-10-15(2)20(16(3)11-14)23-13-22(17(4)18(23)5)12-19-8-6-7-9-21-19;/h7-14,22H,1-6H3;6-13H,1-5H3;/q2*-2;+4/b20-13-;19-12-;. The van der Waals surface area contributed by atoms with Gasteiger partial charge >= 0.3 is 17.1 Å². The van der Waals surface area contributed by atoms with Gasteiger partial charge in [0.25, 0.3) is 0 Å². The van der Waals surface area contributed by atoms with Crippen molar-refractivity contribution in [3.63, 3.8) is 0 Å². The second-order valence-electron chi connectivity index (χ2n) is 12.6. The molecule has 0 saturated heterocycles. The fraction of sp³-hybridized carbons (Fsp3) is 0.268. The van der Waals surface area contributed by atoms with Gasteiger partial charge in [0.1, 0.15) is 0 Å². The zero-order chi connectivity index (χ0) is 34.2. The van der Waals surface area contributed by atoms with E-state index < -0.39 is 0 Å². The number of nitrogens with zero attached hydrogens (tertiary/aromatic N) is 5.